The summed E-state index contributed by atoms with van der Waals surface area (Å²) in [6.07, 6.45) is 4.44. The molecule has 0 saturated carbocycles. The zero-order valence-electron chi connectivity index (χ0n) is 26.8. The van der Waals surface area contributed by atoms with Gasteiger partial charge in [0.05, 0.1) is 30.4 Å². The van der Waals surface area contributed by atoms with Gasteiger partial charge in [0.25, 0.3) is 17.0 Å². The van der Waals surface area contributed by atoms with Crippen LogP contribution < -0.4 is 16.4 Å². The molecule has 0 radical (unpaired) electrons. The lowest BCUT2D eigenvalue weighted by Gasteiger charge is -2.26. The molecular formula is C35H35FN6O5. The number of amides is 1. The van der Waals surface area contributed by atoms with Gasteiger partial charge in [-0.1, -0.05) is 26.8 Å². The van der Waals surface area contributed by atoms with Crippen molar-refractivity contribution in [1.82, 2.24) is 24.2 Å². The predicted octanol–water partition coefficient (Wildman–Crippen LogP) is 4.81. The number of carbonyl (C=O) groups excluding carboxylic acids is 1. The molecule has 11 nitrogen and oxygen atoms in total. The molecule has 47 heavy (non-hydrogen) atoms. The Morgan fingerprint density at radius 3 is 2.45 bits per heavy atom. The van der Waals surface area contributed by atoms with E-state index >= 15 is 4.39 Å². The molecule has 12 heteroatoms. The summed E-state index contributed by atoms with van der Waals surface area (Å²) in [5, 5.41) is 19.1. The Kier molecular flexibility index (Phi) is 8.14. The summed E-state index contributed by atoms with van der Waals surface area (Å²) in [6.45, 7) is 9.65. The summed E-state index contributed by atoms with van der Waals surface area (Å²) in [5.74, 6) is -0.731. The van der Waals surface area contributed by atoms with Crippen molar-refractivity contribution in [2.24, 2.45) is 7.05 Å². The summed E-state index contributed by atoms with van der Waals surface area (Å²) < 4.78 is 23.0. The fourth-order valence-electron chi connectivity index (χ4n) is 5.67. The maximum atomic E-state index is 15.3. The van der Waals surface area contributed by atoms with Crippen LogP contribution in [0.25, 0.3) is 27.6 Å². The molecule has 0 atom stereocenters. The molecule has 1 amide bonds. The first kappa shape index (κ1) is 31.6. The maximum absolute atomic E-state index is 15.3. The Balaban J connectivity index is 1.36. The fraction of sp³-hybridized carbons (Fsp3) is 0.286. The molecule has 2 N–H and O–H groups in total. The first-order valence-corrected chi connectivity index (χ1v) is 15.2. The molecule has 2 aromatic carbocycles. The van der Waals surface area contributed by atoms with Crippen molar-refractivity contribution in [2.45, 2.75) is 33.1 Å². The van der Waals surface area contributed by atoms with Gasteiger partial charge in [-0.15, -0.1) is 0 Å². The van der Waals surface area contributed by atoms with Gasteiger partial charge in [0, 0.05) is 49.0 Å². The Morgan fingerprint density at radius 1 is 1.02 bits per heavy atom. The lowest BCUT2D eigenvalue weighted by Crippen LogP contribution is -2.40. The smallest absolute Gasteiger partial charge is 0.282 e. The van der Waals surface area contributed by atoms with Crippen LogP contribution in [0.4, 0.5) is 15.9 Å². The summed E-state index contributed by atoms with van der Waals surface area (Å²) in [5.41, 5.74) is 1.48. The van der Waals surface area contributed by atoms with Gasteiger partial charge in [-0.25, -0.2) is 9.37 Å². The van der Waals surface area contributed by atoms with Crippen molar-refractivity contribution in [3.05, 3.63) is 104 Å². The minimum Gasteiger partial charge on any atom is -0.505 e. The van der Waals surface area contributed by atoms with E-state index in [9.17, 15) is 19.5 Å². The Morgan fingerprint density at radius 2 is 1.77 bits per heavy atom. The number of aryl methyl sites for hydroxylation is 2. The minimum atomic E-state index is -0.713. The van der Waals surface area contributed by atoms with Crippen molar-refractivity contribution >= 4 is 28.2 Å². The Bertz CT molecular complexity index is 2140. The number of aromatic hydroxyl groups is 1. The summed E-state index contributed by atoms with van der Waals surface area (Å²) in [4.78, 5) is 45.6. The number of fused-ring (bicyclic) bond motifs is 1. The molecule has 0 unspecified atom stereocenters. The van der Waals surface area contributed by atoms with Crippen LogP contribution in [0.5, 0.6) is 5.75 Å². The van der Waals surface area contributed by atoms with Crippen molar-refractivity contribution in [3.63, 3.8) is 0 Å². The fourth-order valence-corrected chi connectivity index (χ4v) is 5.67. The van der Waals surface area contributed by atoms with Crippen LogP contribution in [0.15, 0.2) is 70.6 Å². The topological polar surface area (TPSA) is 132 Å². The Hall–Kier alpha value is -5.36. The maximum Gasteiger partial charge on any atom is 0.282 e. The third-order valence-electron chi connectivity index (χ3n) is 8.34. The van der Waals surface area contributed by atoms with Crippen molar-refractivity contribution in [1.29, 1.82) is 0 Å². The highest BCUT2D eigenvalue weighted by molar-refractivity contribution is 5.94. The first-order valence-electron chi connectivity index (χ1n) is 15.2. The molecule has 1 saturated heterocycles. The average Bonchev–Trinajstić information content (AvgIpc) is 3.04. The van der Waals surface area contributed by atoms with E-state index in [0.717, 1.165) is 10.2 Å². The number of phenolic OH excluding ortho intramolecular Hbond substituents is 1. The molecule has 0 bridgehead atoms. The van der Waals surface area contributed by atoms with E-state index in [4.69, 9.17) is 4.74 Å². The van der Waals surface area contributed by atoms with E-state index < -0.39 is 11.4 Å². The van der Waals surface area contributed by atoms with Crippen LogP contribution in [-0.2, 0) is 17.2 Å². The number of rotatable bonds is 5. The number of nitrogens with zero attached hydrogens (tertiary/aromatic N) is 5. The summed E-state index contributed by atoms with van der Waals surface area (Å²) in [6, 6.07) is 11.2. The molecule has 4 heterocycles. The number of hydrogen-bond acceptors (Lipinski definition) is 8. The largest absolute Gasteiger partial charge is 0.505 e. The zero-order chi connectivity index (χ0) is 33.6. The molecule has 3 aromatic heterocycles. The van der Waals surface area contributed by atoms with Gasteiger partial charge in [-0.05, 0) is 59.9 Å². The van der Waals surface area contributed by atoms with Crippen LogP contribution in [0.3, 0.4) is 0 Å². The van der Waals surface area contributed by atoms with Crippen LogP contribution >= 0.6 is 0 Å². The van der Waals surface area contributed by atoms with Gasteiger partial charge in [0.15, 0.2) is 0 Å². The van der Waals surface area contributed by atoms with Crippen molar-refractivity contribution in [3.8, 4) is 22.6 Å². The molecule has 0 spiro atoms. The van der Waals surface area contributed by atoms with Crippen LogP contribution in [0.1, 0.15) is 42.3 Å². The van der Waals surface area contributed by atoms with E-state index in [1.807, 2.05) is 20.8 Å². The molecule has 242 valence electrons. The molecule has 1 fully saturated rings. The van der Waals surface area contributed by atoms with Crippen molar-refractivity contribution < 1.29 is 19.0 Å². The minimum absolute atomic E-state index is 0.0577. The number of benzene rings is 2. The van der Waals surface area contributed by atoms with Gasteiger partial charge in [0.1, 0.15) is 28.8 Å². The quantitative estimate of drug-likeness (QED) is 0.280. The number of ether oxygens (including phenoxy) is 1. The monoisotopic (exact) mass is 638 g/mol. The number of morpholine rings is 1. The number of halogens is 1. The van der Waals surface area contributed by atoms with Crippen LogP contribution in [0, 0.1) is 12.7 Å². The second-order valence-corrected chi connectivity index (χ2v) is 12.7. The van der Waals surface area contributed by atoms with Crippen LogP contribution in [0.2, 0.25) is 0 Å². The first-order chi connectivity index (χ1) is 22.3. The second-order valence-electron chi connectivity index (χ2n) is 12.7. The number of phenols is 1. The predicted molar refractivity (Wildman–Crippen MR) is 177 cm³/mol. The average molecular weight is 639 g/mol. The van der Waals surface area contributed by atoms with Gasteiger partial charge in [-0.3, -0.25) is 14.4 Å². The van der Waals surface area contributed by atoms with E-state index in [1.54, 1.807) is 61.5 Å². The van der Waals surface area contributed by atoms with Gasteiger partial charge in [0.2, 0.25) is 0 Å². The highest BCUT2D eigenvalue weighted by Crippen LogP contribution is 2.37. The summed E-state index contributed by atoms with van der Waals surface area (Å²) in [7, 11) is 1.58. The zero-order valence-corrected chi connectivity index (χ0v) is 26.8. The number of anilines is 2. The SMILES string of the molecule is Cc1ccc(-n2ncc3cc(C(C)(C)C)cc(F)c3c2=O)c(O)c1-c1cc(Nc2ccc(C(=O)N3CCOCC3)cn2)c(=O)n(C)c1. The van der Waals surface area contributed by atoms with E-state index in [0.29, 0.717) is 59.8 Å². The normalized spacial score (nSPS) is 13.6. The van der Waals surface area contributed by atoms with E-state index in [1.165, 1.54) is 23.0 Å². The number of hydrogen-bond donors (Lipinski definition) is 2. The van der Waals surface area contributed by atoms with E-state index in [2.05, 4.69) is 15.4 Å². The number of aromatic nitrogens is 4. The van der Waals surface area contributed by atoms with Gasteiger partial charge < -0.3 is 24.6 Å². The number of nitrogens with one attached hydrogen (secondary N) is 1. The number of pyridine rings is 2. The van der Waals surface area contributed by atoms with E-state index in [-0.39, 0.29) is 39.4 Å². The second kappa shape index (κ2) is 12.1. The van der Waals surface area contributed by atoms with Crippen LogP contribution in [-0.4, -0.2) is 61.5 Å². The molecule has 0 aliphatic carbocycles. The van der Waals surface area contributed by atoms with Gasteiger partial charge >= 0.3 is 0 Å². The third-order valence-corrected chi connectivity index (χ3v) is 8.34. The standard InChI is InChI=1S/C35H35FN6O5/c1-20-6-8-27(42-34(46)30-22(18-38-42)14-24(16-25(30)36)35(2,3)4)31(43)29(20)23-15-26(33(45)40(5)19-23)39-28-9-7-21(17-37-28)32(44)41-10-12-47-13-11-41/h6-9,14-19,43H,10-13H2,1-5H3,(H,37,39). The molecular weight excluding hydrogens is 603 g/mol. The van der Waals surface area contributed by atoms with Gasteiger partial charge in [-0.2, -0.15) is 9.78 Å². The lowest BCUT2D eigenvalue weighted by molar-refractivity contribution is 0.0302. The Labute approximate surface area is 269 Å². The summed E-state index contributed by atoms with van der Waals surface area (Å²) >= 11 is 0. The highest BCUT2D eigenvalue weighted by Gasteiger charge is 2.22. The highest BCUT2D eigenvalue weighted by atomic mass is 19.1. The number of carbonyl (C=O) groups is 1. The molecule has 1 aliphatic rings. The third kappa shape index (κ3) is 5.99. The molecule has 1 aliphatic heterocycles. The van der Waals surface area contributed by atoms with Crippen molar-refractivity contribution in [2.75, 3.05) is 31.6 Å². The molecule has 5 aromatic rings. The molecule has 6 rings (SSSR count). The lowest BCUT2D eigenvalue weighted by atomic mass is 9.86.